The van der Waals surface area contributed by atoms with E-state index in [9.17, 15) is 4.79 Å². The van der Waals surface area contributed by atoms with Crippen molar-refractivity contribution in [3.05, 3.63) is 51.2 Å². The molecule has 2 heterocycles. The molecule has 1 aliphatic rings. The molecule has 21 heavy (non-hydrogen) atoms. The van der Waals surface area contributed by atoms with Gasteiger partial charge in [-0.05, 0) is 47.7 Å². The van der Waals surface area contributed by atoms with E-state index in [2.05, 4.69) is 21.7 Å². The zero-order valence-electron chi connectivity index (χ0n) is 11.6. The van der Waals surface area contributed by atoms with Crippen molar-refractivity contribution in [1.82, 2.24) is 4.90 Å². The highest BCUT2D eigenvalue weighted by molar-refractivity contribution is 7.10. The molecule has 1 N–H and O–H groups in total. The first-order valence-corrected chi connectivity index (χ1v) is 8.29. The van der Waals surface area contributed by atoms with Gasteiger partial charge in [0.05, 0.1) is 0 Å². The maximum atomic E-state index is 12.0. The van der Waals surface area contributed by atoms with Gasteiger partial charge in [0.25, 0.3) is 0 Å². The van der Waals surface area contributed by atoms with Crippen LogP contribution in [-0.4, -0.2) is 23.9 Å². The monoisotopic (exact) mass is 320 g/mol. The fourth-order valence-corrected chi connectivity index (χ4v) is 3.53. The first-order valence-electron chi connectivity index (χ1n) is 7.04. The highest BCUT2D eigenvalue weighted by atomic mass is 35.5. The zero-order valence-corrected chi connectivity index (χ0v) is 13.2. The molecule has 1 aromatic heterocycles. The summed E-state index contributed by atoms with van der Waals surface area (Å²) < 4.78 is 0. The number of halogens is 1. The predicted octanol–water partition coefficient (Wildman–Crippen LogP) is 3.79. The van der Waals surface area contributed by atoms with Crippen LogP contribution in [-0.2, 0) is 17.8 Å². The topological polar surface area (TPSA) is 32.3 Å². The summed E-state index contributed by atoms with van der Waals surface area (Å²) in [6, 6.07) is 9.39. The largest absolute Gasteiger partial charge is 0.326 e. The van der Waals surface area contributed by atoms with Crippen molar-refractivity contribution in [1.29, 1.82) is 0 Å². The Balaban J connectivity index is 1.47. The molecule has 0 spiro atoms. The summed E-state index contributed by atoms with van der Waals surface area (Å²) >= 11 is 7.66. The molecule has 1 aromatic carbocycles. The highest BCUT2D eigenvalue weighted by Crippen LogP contribution is 2.24. The van der Waals surface area contributed by atoms with Gasteiger partial charge >= 0.3 is 0 Å². The molecular weight excluding hydrogens is 304 g/mol. The maximum Gasteiger partial charge on any atom is 0.225 e. The fraction of sp³-hybridized carbons (Fsp3) is 0.312. The smallest absolute Gasteiger partial charge is 0.225 e. The summed E-state index contributed by atoms with van der Waals surface area (Å²) in [4.78, 5) is 15.8. The van der Waals surface area contributed by atoms with Gasteiger partial charge in [-0.3, -0.25) is 9.69 Å². The van der Waals surface area contributed by atoms with E-state index in [-0.39, 0.29) is 5.91 Å². The van der Waals surface area contributed by atoms with Crippen LogP contribution in [0.15, 0.2) is 35.7 Å². The molecule has 1 aliphatic heterocycles. The molecule has 0 aliphatic carbocycles. The third-order valence-electron chi connectivity index (χ3n) is 3.67. The summed E-state index contributed by atoms with van der Waals surface area (Å²) in [5.41, 5.74) is 2.22. The van der Waals surface area contributed by atoms with Crippen LogP contribution in [0.3, 0.4) is 0 Å². The number of nitrogens with zero attached hydrogens (tertiary/aromatic N) is 1. The van der Waals surface area contributed by atoms with Crippen molar-refractivity contribution in [3.8, 4) is 0 Å². The molecule has 0 saturated carbocycles. The van der Waals surface area contributed by atoms with E-state index in [1.165, 1.54) is 10.4 Å². The van der Waals surface area contributed by atoms with Crippen molar-refractivity contribution in [2.75, 3.05) is 18.4 Å². The molecule has 0 saturated heterocycles. The van der Waals surface area contributed by atoms with Gasteiger partial charge < -0.3 is 5.32 Å². The number of thiophene rings is 1. The quantitative estimate of drug-likeness (QED) is 0.929. The lowest BCUT2D eigenvalue weighted by Crippen LogP contribution is -2.32. The van der Waals surface area contributed by atoms with Gasteiger partial charge in [-0.15, -0.1) is 11.3 Å². The second-order valence-electron chi connectivity index (χ2n) is 5.20. The minimum absolute atomic E-state index is 0.0495. The van der Waals surface area contributed by atoms with Crippen molar-refractivity contribution < 1.29 is 4.79 Å². The van der Waals surface area contributed by atoms with Crippen LogP contribution in [0, 0.1) is 0 Å². The summed E-state index contributed by atoms with van der Waals surface area (Å²) in [7, 11) is 0. The molecule has 0 atom stereocenters. The number of hydrogen-bond acceptors (Lipinski definition) is 3. The molecule has 0 unspecified atom stereocenters. The second kappa shape index (κ2) is 6.60. The lowest BCUT2D eigenvalue weighted by Gasteiger charge is -2.26. The summed E-state index contributed by atoms with van der Waals surface area (Å²) in [6.45, 7) is 2.81. The molecule has 3 rings (SSSR count). The van der Waals surface area contributed by atoms with Crippen LogP contribution in [0.2, 0.25) is 5.02 Å². The van der Waals surface area contributed by atoms with Gasteiger partial charge in [0.2, 0.25) is 5.91 Å². The summed E-state index contributed by atoms with van der Waals surface area (Å²) in [5, 5.41) is 5.73. The number of carbonyl (C=O) groups is 1. The van der Waals surface area contributed by atoms with E-state index in [4.69, 9.17) is 11.6 Å². The SMILES string of the molecule is O=C(CCN1CCc2sccc2C1)Nc1ccc(Cl)cc1. The van der Waals surface area contributed by atoms with Crippen LogP contribution in [0.5, 0.6) is 0 Å². The van der Waals surface area contributed by atoms with Crippen LogP contribution in [0.1, 0.15) is 16.9 Å². The predicted molar refractivity (Wildman–Crippen MR) is 88.0 cm³/mol. The van der Waals surface area contributed by atoms with E-state index in [0.717, 1.165) is 31.7 Å². The number of fused-ring (bicyclic) bond motifs is 1. The van der Waals surface area contributed by atoms with Crippen molar-refractivity contribution in [2.45, 2.75) is 19.4 Å². The molecule has 110 valence electrons. The Kier molecular flexibility index (Phi) is 4.58. The zero-order chi connectivity index (χ0) is 14.7. The molecule has 1 amide bonds. The third kappa shape index (κ3) is 3.84. The van der Waals surface area contributed by atoms with Gasteiger partial charge in [0.15, 0.2) is 0 Å². The first kappa shape index (κ1) is 14.6. The molecule has 5 heteroatoms. The van der Waals surface area contributed by atoms with Gasteiger partial charge in [0, 0.05) is 41.6 Å². The van der Waals surface area contributed by atoms with Crippen LogP contribution in [0.25, 0.3) is 0 Å². The van der Waals surface area contributed by atoms with E-state index in [1.54, 1.807) is 12.1 Å². The Morgan fingerprint density at radius 2 is 2.10 bits per heavy atom. The third-order valence-corrected chi connectivity index (χ3v) is 4.94. The van der Waals surface area contributed by atoms with E-state index in [1.807, 2.05) is 23.5 Å². The molecular formula is C16H17ClN2OS. The maximum absolute atomic E-state index is 12.0. The Labute approximate surface area is 133 Å². The number of carbonyl (C=O) groups excluding carboxylic acids is 1. The van der Waals surface area contributed by atoms with E-state index >= 15 is 0 Å². The minimum Gasteiger partial charge on any atom is -0.326 e. The molecule has 2 aromatic rings. The number of nitrogens with one attached hydrogen (secondary N) is 1. The Hall–Kier alpha value is -1.36. The number of amides is 1. The van der Waals surface area contributed by atoms with E-state index in [0.29, 0.717) is 11.4 Å². The van der Waals surface area contributed by atoms with Crippen LogP contribution >= 0.6 is 22.9 Å². The minimum atomic E-state index is 0.0495. The molecule has 0 radical (unpaired) electrons. The molecule has 3 nitrogen and oxygen atoms in total. The average molecular weight is 321 g/mol. The summed E-state index contributed by atoms with van der Waals surface area (Å²) in [6.07, 6.45) is 1.62. The standard InChI is InChI=1S/C16H17ClN2OS/c17-13-1-3-14(4-2-13)18-16(20)6-9-19-8-5-15-12(11-19)7-10-21-15/h1-4,7,10H,5-6,8-9,11H2,(H,18,20). The lowest BCUT2D eigenvalue weighted by atomic mass is 10.1. The van der Waals surface area contributed by atoms with Gasteiger partial charge in [-0.1, -0.05) is 11.6 Å². The number of anilines is 1. The average Bonchev–Trinajstić information content (AvgIpc) is 2.95. The number of benzene rings is 1. The Bertz CT molecular complexity index is 623. The Morgan fingerprint density at radius 3 is 2.90 bits per heavy atom. The van der Waals surface area contributed by atoms with Gasteiger partial charge in [-0.25, -0.2) is 0 Å². The molecule has 0 fully saturated rings. The lowest BCUT2D eigenvalue weighted by molar-refractivity contribution is -0.116. The normalized spacial score (nSPS) is 14.7. The van der Waals surface area contributed by atoms with E-state index < -0.39 is 0 Å². The second-order valence-corrected chi connectivity index (χ2v) is 6.64. The highest BCUT2D eigenvalue weighted by Gasteiger charge is 2.17. The number of rotatable bonds is 4. The van der Waals surface area contributed by atoms with Gasteiger partial charge in [-0.2, -0.15) is 0 Å². The van der Waals surface area contributed by atoms with Crippen molar-refractivity contribution >= 4 is 34.5 Å². The van der Waals surface area contributed by atoms with Crippen LogP contribution < -0.4 is 5.32 Å². The van der Waals surface area contributed by atoms with Gasteiger partial charge in [0.1, 0.15) is 0 Å². The number of hydrogen-bond donors (Lipinski definition) is 1. The summed E-state index contributed by atoms with van der Waals surface area (Å²) in [5.74, 6) is 0.0495. The molecule has 0 bridgehead atoms. The fourth-order valence-electron chi connectivity index (χ4n) is 2.51. The van der Waals surface area contributed by atoms with Crippen molar-refractivity contribution in [2.24, 2.45) is 0 Å². The Morgan fingerprint density at radius 1 is 1.29 bits per heavy atom. The van der Waals surface area contributed by atoms with Crippen LogP contribution in [0.4, 0.5) is 5.69 Å². The first-order chi connectivity index (χ1) is 10.2. The van der Waals surface area contributed by atoms with Crippen molar-refractivity contribution in [3.63, 3.8) is 0 Å².